The van der Waals surface area contributed by atoms with Gasteiger partial charge in [0, 0.05) is 40.9 Å². The number of nitrogens with one attached hydrogen (secondary N) is 1. The molecule has 0 aliphatic heterocycles. The SMILES string of the molecule is Cc1ccc(CNC(C)c2cnccn2)s1. The maximum absolute atomic E-state index is 4.27. The highest BCUT2D eigenvalue weighted by atomic mass is 32.1. The van der Waals surface area contributed by atoms with Crippen molar-refractivity contribution in [3.8, 4) is 0 Å². The van der Waals surface area contributed by atoms with E-state index in [1.807, 2.05) is 11.3 Å². The van der Waals surface area contributed by atoms with E-state index in [4.69, 9.17) is 0 Å². The van der Waals surface area contributed by atoms with Gasteiger partial charge in [-0.05, 0) is 26.0 Å². The van der Waals surface area contributed by atoms with Crippen molar-refractivity contribution in [2.75, 3.05) is 0 Å². The van der Waals surface area contributed by atoms with Crippen LogP contribution in [-0.2, 0) is 6.54 Å². The van der Waals surface area contributed by atoms with E-state index in [-0.39, 0.29) is 6.04 Å². The summed E-state index contributed by atoms with van der Waals surface area (Å²) in [4.78, 5) is 11.0. The second kappa shape index (κ2) is 5.18. The molecule has 0 radical (unpaired) electrons. The zero-order valence-corrected chi connectivity index (χ0v) is 10.3. The quantitative estimate of drug-likeness (QED) is 0.882. The molecule has 0 saturated carbocycles. The molecular formula is C12H15N3S. The first-order chi connectivity index (χ1) is 7.75. The molecule has 3 nitrogen and oxygen atoms in total. The Balaban J connectivity index is 1.91. The molecular weight excluding hydrogens is 218 g/mol. The minimum Gasteiger partial charge on any atom is -0.304 e. The summed E-state index contributed by atoms with van der Waals surface area (Å²) >= 11 is 1.83. The minimum absolute atomic E-state index is 0.233. The Morgan fingerprint density at radius 3 is 2.88 bits per heavy atom. The van der Waals surface area contributed by atoms with Gasteiger partial charge in [-0.15, -0.1) is 11.3 Å². The van der Waals surface area contributed by atoms with Gasteiger partial charge in [-0.3, -0.25) is 9.97 Å². The van der Waals surface area contributed by atoms with Gasteiger partial charge in [0.2, 0.25) is 0 Å². The predicted molar refractivity (Wildman–Crippen MR) is 66.3 cm³/mol. The Bertz CT molecular complexity index is 439. The van der Waals surface area contributed by atoms with Crippen LogP contribution in [-0.4, -0.2) is 9.97 Å². The van der Waals surface area contributed by atoms with E-state index in [0.717, 1.165) is 12.2 Å². The minimum atomic E-state index is 0.233. The summed E-state index contributed by atoms with van der Waals surface area (Å²) in [7, 11) is 0. The third-order valence-corrected chi connectivity index (χ3v) is 3.41. The van der Waals surface area contributed by atoms with Crippen molar-refractivity contribution < 1.29 is 0 Å². The van der Waals surface area contributed by atoms with Crippen LogP contribution in [0.4, 0.5) is 0 Å². The fourth-order valence-corrected chi connectivity index (χ4v) is 2.31. The average molecular weight is 233 g/mol. The monoisotopic (exact) mass is 233 g/mol. The largest absolute Gasteiger partial charge is 0.304 e. The summed E-state index contributed by atoms with van der Waals surface area (Å²) in [6.07, 6.45) is 5.22. The van der Waals surface area contributed by atoms with Gasteiger partial charge in [-0.1, -0.05) is 0 Å². The molecule has 1 N–H and O–H groups in total. The van der Waals surface area contributed by atoms with Gasteiger partial charge in [-0.2, -0.15) is 0 Å². The molecule has 0 spiro atoms. The second-order valence-corrected chi connectivity index (χ2v) is 5.12. The molecule has 84 valence electrons. The van der Waals surface area contributed by atoms with Crippen molar-refractivity contribution in [1.29, 1.82) is 0 Å². The number of hydrogen-bond acceptors (Lipinski definition) is 4. The fraction of sp³-hybridized carbons (Fsp3) is 0.333. The summed E-state index contributed by atoms with van der Waals surface area (Å²) in [6.45, 7) is 5.11. The lowest BCUT2D eigenvalue weighted by atomic mass is 10.2. The molecule has 0 bridgehead atoms. The molecule has 16 heavy (non-hydrogen) atoms. The van der Waals surface area contributed by atoms with Crippen LogP contribution in [0.3, 0.4) is 0 Å². The van der Waals surface area contributed by atoms with Crippen LogP contribution in [0.15, 0.2) is 30.7 Å². The summed E-state index contributed by atoms with van der Waals surface area (Å²) < 4.78 is 0. The van der Waals surface area contributed by atoms with Gasteiger partial charge in [0.25, 0.3) is 0 Å². The summed E-state index contributed by atoms with van der Waals surface area (Å²) in [5.74, 6) is 0. The maximum Gasteiger partial charge on any atom is 0.0753 e. The predicted octanol–water partition coefficient (Wildman–Crippen LogP) is 2.70. The van der Waals surface area contributed by atoms with E-state index in [2.05, 4.69) is 41.3 Å². The molecule has 0 aliphatic rings. The fourth-order valence-electron chi connectivity index (χ4n) is 1.47. The highest BCUT2D eigenvalue weighted by molar-refractivity contribution is 7.11. The lowest BCUT2D eigenvalue weighted by Gasteiger charge is -2.11. The standard InChI is InChI=1S/C12H15N3S/c1-9-3-4-11(16-9)7-15-10(2)12-8-13-5-6-14-12/h3-6,8,10,15H,7H2,1-2H3. The average Bonchev–Trinajstić information content (AvgIpc) is 2.73. The third kappa shape index (κ3) is 2.87. The van der Waals surface area contributed by atoms with Crippen molar-refractivity contribution in [2.45, 2.75) is 26.4 Å². The Morgan fingerprint density at radius 1 is 1.38 bits per heavy atom. The van der Waals surface area contributed by atoms with Gasteiger partial charge in [0.1, 0.15) is 0 Å². The van der Waals surface area contributed by atoms with Crippen LogP contribution in [0, 0.1) is 6.92 Å². The van der Waals surface area contributed by atoms with Gasteiger partial charge in [-0.25, -0.2) is 0 Å². The van der Waals surface area contributed by atoms with Crippen molar-refractivity contribution in [2.24, 2.45) is 0 Å². The van der Waals surface area contributed by atoms with E-state index in [1.165, 1.54) is 9.75 Å². The molecule has 1 atom stereocenters. The molecule has 2 heterocycles. The van der Waals surface area contributed by atoms with Crippen molar-refractivity contribution in [3.05, 3.63) is 46.2 Å². The number of aryl methyl sites for hydroxylation is 1. The van der Waals surface area contributed by atoms with Crippen LogP contribution >= 0.6 is 11.3 Å². The zero-order chi connectivity index (χ0) is 11.4. The third-order valence-electron chi connectivity index (χ3n) is 2.41. The van der Waals surface area contributed by atoms with E-state index in [0.29, 0.717) is 0 Å². The van der Waals surface area contributed by atoms with Crippen molar-refractivity contribution >= 4 is 11.3 Å². The number of thiophene rings is 1. The van der Waals surface area contributed by atoms with E-state index >= 15 is 0 Å². The summed E-state index contributed by atoms with van der Waals surface area (Å²) in [6, 6.07) is 4.54. The molecule has 0 fully saturated rings. The van der Waals surface area contributed by atoms with Gasteiger partial charge in [0.15, 0.2) is 0 Å². The van der Waals surface area contributed by atoms with Crippen LogP contribution in [0.1, 0.15) is 28.4 Å². The van der Waals surface area contributed by atoms with Crippen LogP contribution in [0.2, 0.25) is 0 Å². The normalized spacial score (nSPS) is 12.6. The molecule has 2 aromatic heterocycles. The van der Waals surface area contributed by atoms with Crippen molar-refractivity contribution in [3.63, 3.8) is 0 Å². The number of aromatic nitrogens is 2. The lowest BCUT2D eigenvalue weighted by molar-refractivity contribution is 0.563. The lowest BCUT2D eigenvalue weighted by Crippen LogP contribution is -2.18. The Labute approximate surface area is 99.6 Å². The first-order valence-electron chi connectivity index (χ1n) is 5.30. The molecule has 1 unspecified atom stereocenters. The number of nitrogens with zero attached hydrogens (tertiary/aromatic N) is 2. The molecule has 0 aliphatic carbocycles. The highest BCUT2D eigenvalue weighted by Crippen LogP contribution is 2.16. The number of rotatable bonds is 4. The topological polar surface area (TPSA) is 37.8 Å². The highest BCUT2D eigenvalue weighted by Gasteiger charge is 2.06. The molecule has 2 aromatic rings. The maximum atomic E-state index is 4.27. The van der Waals surface area contributed by atoms with Crippen LogP contribution < -0.4 is 5.32 Å². The van der Waals surface area contributed by atoms with E-state index in [9.17, 15) is 0 Å². The zero-order valence-electron chi connectivity index (χ0n) is 9.47. The molecule has 0 saturated heterocycles. The summed E-state index contributed by atoms with van der Waals surface area (Å²) in [5.41, 5.74) is 0.982. The smallest absolute Gasteiger partial charge is 0.0753 e. The molecule has 4 heteroatoms. The van der Waals surface area contributed by atoms with Crippen molar-refractivity contribution in [1.82, 2.24) is 15.3 Å². The van der Waals surface area contributed by atoms with E-state index in [1.54, 1.807) is 18.6 Å². The second-order valence-electron chi connectivity index (χ2n) is 3.75. The van der Waals surface area contributed by atoms with Gasteiger partial charge >= 0.3 is 0 Å². The Morgan fingerprint density at radius 2 is 2.25 bits per heavy atom. The van der Waals surface area contributed by atoms with Crippen LogP contribution in [0.5, 0.6) is 0 Å². The van der Waals surface area contributed by atoms with Crippen LogP contribution in [0.25, 0.3) is 0 Å². The number of hydrogen-bond donors (Lipinski definition) is 1. The van der Waals surface area contributed by atoms with E-state index < -0.39 is 0 Å². The van der Waals surface area contributed by atoms with Gasteiger partial charge < -0.3 is 5.32 Å². The molecule has 0 aromatic carbocycles. The first-order valence-corrected chi connectivity index (χ1v) is 6.12. The molecule has 2 rings (SSSR count). The first kappa shape index (κ1) is 11.2. The molecule has 0 amide bonds. The Kier molecular flexibility index (Phi) is 3.64. The summed E-state index contributed by atoms with van der Waals surface area (Å²) in [5, 5.41) is 3.44. The van der Waals surface area contributed by atoms with Gasteiger partial charge in [0.05, 0.1) is 5.69 Å². The Hall–Kier alpha value is -1.26.